The summed E-state index contributed by atoms with van der Waals surface area (Å²) in [5.41, 5.74) is 6.37. The average molecular weight is 342 g/mol. The summed E-state index contributed by atoms with van der Waals surface area (Å²) in [6.07, 6.45) is 7.71. The largest absolute Gasteiger partial charge is 0.493 e. The Bertz CT molecular complexity index is 1120. The summed E-state index contributed by atoms with van der Waals surface area (Å²) in [7, 11) is 0. The Morgan fingerprint density at radius 1 is 1.04 bits per heavy atom. The third-order valence-electron chi connectivity index (χ3n) is 4.76. The van der Waals surface area contributed by atoms with Crippen molar-refractivity contribution in [3.63, 3.8) is 0 Å². The Morgan fingerprint density at radius 3 is 2.92 bits per heavy atom. The van der Waals surface area contributed by atoms with Gasteiger partial charge in [0.05, 0.1) is 18.0 Å². The quantitative estimate of drug-likeness (QED) is 0.550. The molecular formula is C21H18N4O. The maximum atomic E-state index is 5.77. The predicted octanol–water partition coefficient (Wildman–Crippen LogP) is 4.09. The second kappa shape index (κ2) is 5.95. The summed E-state index contributed by atoms with van der Waals surface area (Å²) in [5, 5.41) is 0. The van der Waals surface area contributed by atoms with Gasteiger partial charge in [0.1, 0.15) is 5.75 Å². The van der Waals surface area contributed by atoms with Crippen LogP contribution in [0.25, 0.3) is 28.3 Å². The van der Waals surface area contributed by atoms with E-state index in [2.05, 4.69) is 38.6 Å². The smallest absolute Gasteiger partial charge is 0.234 e. The lowest BCUT2D eigenvalue weighted by molar-refractivity contribution is 0.288. The molecule has 0 spiro atoms. The molecule has 128 valence electrons. The van der Waals surface area contributed by atoms with Crippen molar-refractivity contribution in [1.29, 1.82) is 0 Å². The molecule has 0 N–H and O–H groups in total. The Balaban J connectivity index is 1.77. The van der Waals surface area contributed by atoms with E-state index in [0.29, 0.717) is 5.78 Å². The highest BCUT2D eigenvalue weighted by molar-refractivity contribution is 5.82. The lowest BCUT2D eigenvalue weighted by Gasteiger charge is -2.18. The normalized spacial score (nSPS) is 13.4. The van der Waals surface area contributed by atoms with Crippen LogP contribution in [-0.2, 0) is 6.42 Å². The van der Waals surface area contributed by atoms with Crippen molar-refractivity contribution in [3.8, 4) is 28.3 Å². The zero-order valence-electron chi connectivity index (χ0n) is 14.5. The fraction of sp³-hybridized carbons (Fsp3) is 0.190. The van der Waals surface area contributed by atoms with E-state index in [1.165, 1.54) is 5.56 Å². The number of hydrogen-bond donors (Lipinski definition) is 0. The van der Waals surface area contributed by atoms with Gasteiger partial charge in [-0.25, -0.2) is 9.97 Å². The fourth-order valence-corrected chi connectivity index (χ4v) is 3.57. The fourth-order valence-electron chi connectivity index (χ4n) is 3.57. The van der Waals surface area contributed by atoms with Crippen LogP contribution < -0.4 is 4.74 Å². The molecule has 3 aromatic heterocycles. The summed E-state index contributed by atoms with van der Waals surface area (Å²) in [6.45, 7) is 2.79. The molecule has 4 heterocycles. The van der Waals surface area contributed by atoms with Crippen LogP contribution >= 0.6 is 0 Å². The highest BCUT2D eigenvalue weighted by Gasteiger charge is 2.19. The van der Waals surface area contributed by atoms with Gasteiger partial charge in [0.2, 0.25) is 5.78 Å². The van der Waals surface area contributed by atoms with Crippen LogP contribution in [-0.4, -0.2) is 26.0 Å². The van der Waals surface area contributed by atoms with Crippen LogP contribution in [0.3, 0.4) is 0 Å². The Morgan fingerprint density at radius 2 is 2.00 bits per heavy atom. The maximum absolute atomic E-state index is 5.77. The number of aromatic nitrogens is 4. The van der Waals surface area contributed by atoms with Crippen LogP contribution in [0.5, 0.6) is 5.75 Å². The van der Waals surface area contributed by atoms with Crippen molar-refractivity contribution >= 4 is 5.78 Å². The van der Waals surface area contributed by atoms with Gasteiger partial charge in [-0.15, -0.1) is 0 Å². The van der Waals surface area contributed by atoms with Crippen LogP contribution in [0, 0.1) is 6.92 Å². The number of hydrogen-bond acceptors (Lipinski definition) is 4. The Kier molecular flexibility index (Phi) is 3.45. The molecule has 0 aliphatic carbocycles. The highest BCUT2D eigenvalue weighted by atomic mass is 16.5. The minimum absolute atomic E-state index is 0.695. The number of imidazole rings is 1. The van der Waals surface area contributed by atoms with E-state index >= 15 is 0 Å². The van der Waals surface area contributed by atoms with Crippen LogP contribution in [0.2, 0.25) is 0 Å². The minimum Gasteiger partial charge on any atom is -0.493 e. The number of rotatable bonds is 2. The molecule has 5 heteroatoms. The molecule has 0 fully saturated rings. The first-order valence-corrected chi connectivity index (χ1v) is 8.82. The standard InChI is InChI=1S/C21H18N4O/c1-14-12-16(7-9-22-14)19-20(25-10-3-8-23-21(25)24-19)17-5-6-18-15(13-17)4-2-11-26-18/h3,5-10,12-13H,2,4,11H2,1H3. The van der Waals surface area contributed by atoms with Crippen molar-refractivity contribution in [2.45, 2.75) is 19.8 Å². The molecule has 0 radical (unpaired) electrons. The highest BCUT2D eigenvalue weighted by Crippen LogP contribution is 2.35. The van der Waals surface area contributed by atoms with Gasteiger partial charge < -0.3 is 4.74 Å². The average Bonchev–Trinajstić information content (AvgIpc) is 3.07. The van der Waals surface area contributed by atoms with Gasteiger partial charge in [0.15, 0.2) is 0 Å². The molecule has 5 nitrogen and oxygen atoms in total. The van der Waals surface area contributed by atoms with Crippen LogP contribution in [0.4, 0.5) is 0 Å². The zero-order chi connectivity index (χ0) is 17.5. The number of pyridine rings is 1. The van der Waals surface area contributed by atoms with Crippen molar-refractivity contribution in [1.82, 2.24) is 19.4 Å². The van der Waals surface area contributed by atoms with Crippen molar-refractivity contribution in [2.75, 3.05) is 6.61 Å². The van der Waals surface area contributed by atoms with Gasteiger partial charge in [-0.05, 0) is 61.7 Å². The maximum Gasteiger partial charge on any atom is 0.234 e. The van der Waals surface area contributed by atoms with E-state index in [0.717, 1.165) is 53.4 Å². The van der Waals surface area contributed by atoms with E-state index in [4.69, 9.17) is 9.72 Å². The van der Waals surface area contributed by atoms with Gasteiger partial charge in [-0.1, -0.05) is 0 Å². The molecule has 1 aromatic carbocycles. The molecule has 5 rings (SSSR count). The molecule has 1 aliphatic heterocycles. The molecule has 1 aliphatic rings. The third-order valence-corrected chi connectivity index (χ3v) is 4.76. The molecular weight excluding hydrogens is 324 g/mol. The number of aryl methyl sites for hydroxylation is 2. The van der Waals surface area contributed by atoms with Gasteiger partial charge in [-0.3, -0.25) is 9.38 Å². The summed E-state index contributed by atoms with van der Waals surface area (Å²) in [6, 6.07) is 12.4. The molecule has 26 heavy (non-hydrogen) atoms. The monoisotopic (exact) mass is 342 g/mol. The Hall–Kier alpha value is -3.21. The summed E-state index contributed by atoms with van der Waals surface area (Å²) >= 11 is 0. The zero-order valence-corrected chi connectivity index (χ0v) is 14.5. The first kappa shape index (κ1) is 15.1. The number of ether oxygens (including phenoxy) is 1. The van der Waals surface area contributed by atoms with Gasteiger partial charge >= 0.3 is 0 Å². The van der Waals surface area contributed by atoms with Crippen LogP contribution in [0.1, 0.15) is 17.7 Å². The van der Waals surface area contributed by atoms with E-state index in [1.54, 1.807) is 6.20 Å². The number of benzene rings is 1. The molecule has 0 unspecified atom stereocenters. The van der Waals surface area contributed by atoms with Gasteiger partial charge in [-0.2, -0.15) is 0 Å². The SMILES string of the molecule is Cc1cc(-c2nc3ncccn3c2-c2ccc3c(c2)CCCO3)ccn1. The molecule has 0 amide bonds. The molecule has 0 saturated carbocycles. The summed E-state index contributed by atoms with van der Waals surface area (Å²) in [5.74, 6) is 1.69. The first-order chi connectivity index (χ1) is 12.8. The van der Waals surface area contributed by atoms with Crippen LogP contribution in [0.15, 0.2) is 55.0 Å². The topological polar surface area (TPSA) is 52.3 Å². The molecule has 0 saturated heterocycles. The molecule has 4 aromatic rings. The van der Waals surface area contributed by atoms with Crippen molar-refractivity contribution in [3.05, 3.63) is 66.2 Å². The summed E-state index contributed by atoms with van der Waals surface area (Å²) in [4.78, 5) is 13.6. The van der Waals surface area contributed by atoms with E-state index in [-0.39, 0.29) is 0 Å². The second-order valence-corrected chi connectivity index (χ2v) is 6.56. The van der Waals surface area contributed by atoms with E-state index in [9.17, 15) is 0 Å². The lowest BCUT2D eigenvalue weighted by Crippen LogP contribution is -2.08. The van der Waals surface area contributed by atoms with Gasteiger partial charge in [0, 0.05) is 35.4 Å². The first-order valence-electron chi connectivity index (χ1n) is 8.82. The minimum atomic E-state index is 0.695. The molecule has 0 atom stereocenters. The number of nitrogens with zero attached hydrogens (tertiary/aromatic N) is 4. The van der Waals surface area contributed by atoms with E-state index < -0.39 is 0 Å². The second-order valence-electron chi connectivity index (χ2n) is 6.56. The third kappa shape index (κ3) is 2.44. The Labute approximate surface area is 151 Å². The molecule has 0 bridgehead atoms. The predicted molar refractivity (Wildman–Crippen MR) is 100 cm³/mol. The van der Waals surface area contributed by atoms with Crippen molar-refractivity contribution < 1.29 is 4.74 Å². The van der Waals surface area contributed by atoms with Gasteiger partial charge in [0.25, 0.3) is 0 Å². The summed E-state index contributed by atoms with van der Waals surface area (Å²) < 4.78 is 7.82. The van der Waals surface area contributed by atoms with Crippen molar-refractivity contribution in [2.24, 2.45) is 0 Å². The number of fused-ring (bicyclic) bond motifs is 2. The lowest BCUT2D eigenvalue weighted by atomic mass is 9.99. The van der Waals surface area contributed by atoms with E-state index in [1.807, 2.05) is 31.5 Å².